The summed E-state index contributed by atoms with van der Waals surface area (Å²) >= 11 is 1.18. The van der Waals surface area contributed by atoms with Gasteiger partial charge >= 0.3 is 6.18 Å². The molecule has 1 amide bonds. The van der Waals surface area contributed by atoms with Gasteiger partial charge in [-0.3, -0.25) is 14.9 Å². The second-order valence-corrected chi connectivity index (χ2v) is 6.31. The van der Waals surface area contributed by atoms with Crippen molar-refractivity contribution < 1.29 is 32.0 Å². The minimum absolute atomic E-state index is 0.189. The highest BCUT2D eigenvalue weighted by molar-refractivity contribution is 7.98. The van der Waals surface area contributed by atoms with E-state index >= 15 is 0 Å². The van der Waals surface area contributed by atoms with Crippen molar-refractivity contribution in [1.82, 2.24) is 5.32 Å². The lowest BCUT2D eigenvalue weighted by atomic mass is 10.1. The predicted octanol–water partition coefficient (Wildman–Crippen LogP) is 4.41. The van der Waals surface area contributed by atoms with Gasteiger partial charge in [0.1, 0.15) is 17.1 Å². The molecule has 0 bridgehead atoms. The lowest BCUT2D eigenvalue weighted by molar-refractivity contribution is -0.385. The van der Waals surface area contributed by atoms with Crippen molar-refractivity contribution in [2.45, 2.75) is 17.6 Å². The summed E-state index contributed by atoms with van der Waals surface area (Å²) < 4.78 is 57.3. The van der Waals surface area contributed by atoms with Gasteiger partial charge in [0.25, 0.3) is 11.6 Å². The van der Waals surface area contributed by atoms with E-state index < -0.39 is 40.6 Å². The van der Waals surface area contributed by atoms with Crippen LogP contribution in [0.25, 0.3) is 0 Å². The van der Waals surface area contributed by atoms with Crippen molar-refractivity contribution in [3.05, 3.63) is 63.0 Å². The highest BCUT2D eigenvalue weighted by Crippen LogP contribution is 2.35. The Bertz CT molecular complexity index is 919. The summed E-state index contributed by atoms with van der Waals surface area (Å²) in [5, 5.41) is 13.5. The van der Waals surface area contributed by atoms with Crippen LogP contribution < -0.4 is 10.1 Å². The third-order valence-corrected chi connectivity index (χ3v) is 4.52. The molecule has 0 radical (unpaired) electrons. The van der Waals surface area contributed by atoms with Gasteiger partial charge in [-0.2, -0.15) is 13.2 Å². The van der Waals surface area contributed by atoms with Gasteiger partial charge in [0.05, 0.1) is 28.6 Å². The second-order valence-electron chi connectivity index (χ2n) is 5.46. The normalized spacial score (nSPS) is 11.2. The number of nitro benzene ring substituents is 1. The molecule has 6 nitrogen and oxygen atoms in total. The number of nitrogens with zero attached hydrogens (tertiary/aromatic N) is 1. The summed E-state index contributed by atoms with van der Waals surface area (Å²) in [4.78, 5) is 23.3. The van der Waals surface area contributed by atoms with Crippen LogP contribution in [0.15, 0.2) is 35.2 Å². The number of halogens is 4. The SMILES string of the molecule is COc1cc([N+](=O)[O-])c(C(=O)NCc2ccc(F)cc2C(F)(F)F)cc1SC. The number of carbonyl (C=O) groups excluding carboxylic acids is 1. The molecule has 0 aliphatic carbocycles. The molecule has 0 unspecified atom stereocenters. The van der Waals surface area contributed by atoms with Gasteiger partial charge in [0, 0.05) is 6.54 Å². The van der Waals surface area contributed by atoms with E-state index in [0.29, 0.717) is 11.0 Å². The standard InChI is InChI=1S/C17H14F4N2O4S/c1-27-14-7-13(23(25)26)11(6-15(14)28-2)16(24)22-8-9-3-4-10(18)5-12(9)17(19,20)21/h3-7H,8H2,1-2H3,(H,22,24). The van der Waals surface area contributed by atoms with Gasteiger partial charge in [0.15, 0.2) is 0 Å². The molecule has 0 heterocycles. The molecule has 2 aromatic rings. The van der Waals surface area contributed by atoms with Crippen molar-refractivity contribution >= 4 is 23.4 Å². The monoisotopic (exact) mass is 418 g/mol. The van der Waals surface area contributed by atoms with E-state index in [2.05, 4.69) is 5.32 Å². The van der Waals surface area contributed by atoms with Gasteiger partial charge in [0.2, 0.25) is 0 Å². The molecule has 0 fully saturated rings. The fourth-order valence-electron chi connectivity index (χ4n) is 2.44. The van der Waals surface area contributed by atoms with Crippen LogP contribution >= 0.6 is 11.8 Å². The maximum absolute atomic E-state index is 13.2. The molecule has 0 spiro atoms. The fraction of sp³-hybridized carbons (Fsp3) is 0.235. The molecular weight excluding hydrogens is 404 g/mol. The number of thioether (sulfide) groups is 1. The highest BCUT2D eigenvalue weighted by atomic mass is 32.2. The van der Waals surface area contributed by atoms with E-state index in [9.17, 15) is 32.5 Å². The van der Waals surface area contributed by atoms with Crippen molar-refractivity contribution in [2.75, 3.05) is 13.4 Å². The van der Waals surface area contributed by atoms with E-state index in [4.69, 9.17) is 4.74 Å². The molecule has 0 atom stereocenters. The minimum atomic E-state index is -4.82. The Balaban J connectivity index is 2.35. The Morgan fingerprint density at radius 3 is 2.50 bits per heavy atom. The molecule has 2 aromatic carbocycles. The van der Waals surface area contributed by atoms with Crippen LogP contribution in [0.1, 0.15) is 21.5 Å². The van der Waals surface area contributed by atoms with Crippen LogP contribution in [0.4, 0.5) is 23.2 Å². The number of ether oxygens (including phenoxy) is 1. The summed E-state index contributed by atoms with van der Waals surface area (Å²) in [6.07, 6.45) is -3.15. The van der Waals surface area contributed by atoms with Crippen LogP contribution in [0.3, 0.4) is 0 Å². The molecule has 0 aliphatic rings. The number of methoxy groups -OCH3 is 1. The fourth-order valence-corrected chi connectivity index (χ4v) is 3.02. The van der Waals surface area contributed by atoms with Crippen LogP contribution in [0.2, 0.25) is 0 Å². The lowest BCUT2D eigenvalue weighted by Gasteiger charge is -2.14. The smallest absolute Gasteiger partial charge is 0.416 e. The first-order valence-corrected chi connectivity index (χ1v) is 8.85. The number of nitrogens with one attached hydrogen (secondary N) is 1. The second kappa shape index (κ2) is 8.46. The number of hydrogen-bond acceptors (Lipinski definition) is 5. The zero-order valence-corrected chi connectivity index (χ0v) is 15.4. The van der Waals surface area contributed by atoms with E-state index in [-0.39, 0.29) is 16.9 Å². The van der Waals surface area contributed by atoms with E-state index in [1.165, 1.54) is 24.9 Å². The number of amides is 1. The molecule has 28 heavy (non-hydrogen) atoms. The van der Waals surface area contributed by atoms with E-state index in [0.717, 1.165) is 18.2 Å². The largest absolute Gasteiger partial charge is 0.495 e. The number of carbonyl (C=O) groups is 1. The maximum Gasteiger partial charge on any atom is 0.416 e. The third kappa shape index (κ3) is 4.71. The number of nitro groups is 1. The van der Waals surface area contributed by atoms with Crippen LogP contribution in [-0.2, 0) is 12.7 Å². The van der Waals surface area contributed by atoms with E-state index in [1.54, 1.807) is 6.26 Å². The molecular formula is C17H14F4N2O4S. The van der Waals surface area contributed by atoms with Gasteiger partial charge in [-0.25, -0.2) is 4.39 Å². The quantitative estimate of drug-likeness (QED) is 0.325. The average Bonchev–Trinajstić information content (AvgIpc) is 2.64. The zero-order valence-electron chi connectivity index (χ0n) is 14.6. The lowest BCUT2D eigenvalue weighted by Crippen LogP contribution is -2.25. The number of alkyl halides is 3. The van der Waals surface area contributed by atoms with Crippen molar-refractivity contribution in [2.24, 2.45) is 0 Å². The first kappa shape index (κ1) is 21.5. The molecule has 2 rings (SSSR count). The van der Waals surface area contributed by atoms with Gasteiger partial charge in [-0.1, -0.05) is 6.07 Å². The summed E-state index contributed by atoms with van der Waals surface area (Å²) in [7, 11) is 1.31. The zero-order chi connectivity index (χ0) is 21.1. The Labute approximate surface area is 161 Å². The molecule has 0 aliphatic heterocycles. The third-order valence-electron chi connectivity index (χ3n) is 3.76. The average molecular weight is 418 g/mol. The summed E-state index contributed by atoms with van der Waals surface area (Å²) in [6.45, 7) is -0.592. The van der Waals surface area contributed by atoms with Crippen molar-refractivity contribution in [3.63, 3.8) is 0 Å². The first-order valence-electron chi connectivity index (χ1n) is 7.62. The van der Waals surface area contributed by atoms with Crippen LogP contribution in [-0.4, -0.2) is 24.2 Å². The van der Waals surface area contributed by atoms with Gasteiger partial charge in [-0.05, 0) is 30.0 Å². The van der Waals surface area contributed by atoms with Crippen molar-refractivity contribution in [3.8, 4) is 5.75 Å². The molecule has 150 valence electrons. The predicted molar refractivity (Wildman–Crippen MR) is 94.0 cm³/mol. The topological polar surface area (TPSA) is 81.5 Å². The van der Waals surface area contributed by atoms with Crippen molar-refractivity contribution in [1.29, 1.82) is 0 Å². The molecule has 0 saturated heterocycles. The Kier molecular flexibility index (Phi) is 6.49. The molecule has 1 N–H and O–H groups in total. The molecule has 11 heteroatoms. The summed E-state index contributed by atoms with van der Waals surface area (Å²) in [5.41, 5.74) is -2.49. The van der Waals surface area contributed by atoms with Gasteiger partial charge in [-0.15, -0.1) is 11.8 Å². The maximum atomic E-state index is 13.2. The molecule has 0 aromatic heterocycles. The number of hydrogen-bond donors (Lipinski definition) is 1. The summed E-state index contributed by atoms with van der Waals surface area (Å²) in [5.74, 6) is -1.83. The number of rotatable bonds is 6. The highest BCUT2D eigenvalue weighted by Gasteiger charge is 2.34. The van der Waals surface area contributed by atoms with Crippen LogP contribution in [0, 0.1) is 15.9 Å². The summed E-state index contributed by atoms with van der Waals surface area (Å²) in [6, 6.07) is 4.35. The van der Waals surface area contributed by atoms with Gasteiger partial charge < -0.3 is 10.1 Å². The Morgan fingerprint density at radius 2 is 1.96 bits per heavy atom. The first-order chi connectivity index (χ1) is 13.1. The molecule has 0 saturated carbocycles. The Hall–Kier alpha value is -2.82. The Morgan fingerprint density at radius 1 is 1.29 bits per heavy atom. The minimum Gasteiger partial charge on any atom is -0.495 e. The van der Waals surface area contributed by atoms with E-state index in [1.807, 2.05) is 0 Å². The van der Waals surface area contributed by atoms with Crippen LogP contribution in [0.5, 0.6) is 5.75 Å². The number of benzene rings is 2.